The molecule has 2 fully saturated rings. The summed E-state index contributed by atoms with van der Waals surface area (Å²) < 4.78 is 11.0. The summed E-state index contributed by atoms with van der Waals surface area (Å²) in [5, 5.41) is 3.10. The minimum absolute atomic E-state index is 0.0299. The molecule has 2 N–H and O–H groups in total. The molecule has 0 radical (unpaired) electrons. The van der Waals surface area contributed by atoms with Crippen molar-refractivity contribution < 1.29 is 9.47 Å². The van der Waals surface area contributed by atoms with Gasteiger partial charge in [-0.3, -0.25) is 4.99 Å². The number of anilines is 1. The number of methoxy groups -OCH3 is 1. The van der Waals surface area contributed by atoms with Crippen molar-refractivity contribution in [3.63, 3.8) is 0 Å². The molecule has 0 amide bonds. The van der Waals surface area contributed by atoms with Crippen LogP contribution in [0.1, 0.15) is 18.4 Å². The Bertz CT molecular complexity index is 795. The lowest BCUT2D eigenvalue weighted by Crippen LogP contribution is -2.51. The van der Waals surface area contributed by atoms with Gasteiger partial charge in [-0.1, -0.05) is 12.1 Å². The predicted molar refractivity (Wildman–Crippen MR) is 117 cm³/mol. The number of benzene rings is 1. The Labute approximate surface area is 176 Å². The number of aliphatic imine (C=N–C) groups is 1. The maximum atomic E-state index is 6.41. The Kier molecular flexibility index (Phi) is 6.20. The van der Waals surface area contributed by atoms with Crippen molar-refractivity contribution in [3.8, 4) is 5.75 Å². The summed E-state index contributed by atoms with van der Waals surface area (Å²) >= 11 is 1.68. The first-order valence-corrected chi connectivity index (χ1v) is 11.0. The number of hydrogen-bond acceptors (Lipinski definition) is 6. The molecule has 156 valence electrons. The van der Waals surface area contributed by atoms with Crippen molar-refractivity contribution in [2.75, 3.05) is 57.9 Å². The first-order chi connectivity index (χ1) is 14.2. The van der Waals surface area contributed by atoms with Gasteiger partial charge >= 0.3 is 0 Å². The van der Waals surface area contributed by atoms with Crippen LogP contribution in [-0.4, -0.2) is 68.9 Å². The molecule has 0 unspecified atom stereocenters. The molecule has 2 aliphatic heterocycles. The normalized spacial score (nSPS) is 20.0. The zero-order chi connectivity index (χ0) is 20.1. The van der Waals surface area contributed by atoms with Gasteiger partial charge in [-0.15, -0.1) is 11.3 Å². The first kappa shape index (κ1) is 20.0. The number of aromatic nitrogens is 1. The van der Waals surface area contributed by atoms with E-state index in [4.69, 9.17) is 20.2 Å². The van der Waals surface area contributed by atoms with Gasteiger partial charge in [0, 0.05) is 56.4 Å². The van der Waals surface area contributed by atoms with E-state index in [0.29, 0.717) is 12.5 Å². The highest BCUT2D eigenvalue weighted by Crippen LogP contribution is 2.36. The summed E-state index contributed by atoms with van der Waals surface area (Å²) in [4.78, 5) is 13.8. The Morgan fingerprint density at radius 3 is 2.55 bits per heavy atom. The summed E-state index contributed by atoms with van der Waals surface area (Å²) in [6.45, 7) is 5.77. The summed E-state index contributed by atoms with van der Waals surface area (Å²) in [5.74, 6) is 1.51. The summed E-state index contributed by atoms with van der Waals surface area (Å²) in [6.07, 6.45) is 3.76. The highest BCUT2D eigenvalue weighted by molar-refractivity contribution is 7.13. The number of thiazole rings is 1. The highest BCUT2D eigenvalue weighted by atomic mass is 32.1. The third-order valence-corrected chi connectivity index (χ3v) is 6.82. The molecule has 0 atom stereocenters. The zero-order valence-electron chi connectivity index (χ0n) is 16.9. The molecule has 29 heavy (non-hydrogen) atoms. The molecular formula is C21H29N5O2S. The van der Waals surface area contributed by atoms with Gasteiger partial charge in [0.25, 0.3) is 0 Å². The van der Waals surface area contributed by atoms with E-state index in [1.165, 1.54) is 5.56 Å². The quantitative estimate of drug-likeness (QED) is 0.597. The van der Waals surface area contributed by atoms with Crippen LogP contribution in [0.4, 0.5) is 5.13 Å². The van der Waals surface area contributed by atoms with Crippen molar-refractivity contribution in [1.29, 1.82) is 0 Å². The van der Waals surface area contributed by atoms with Gasteiger partial charge in [-0.25, -0.2) is 4.98 Å². The Morgan fingerprint density at radius 2 is 1.93 bits per heavy atom. The molecule has 2 aromatic rings. The van der Waals surface area contributed by atoms with Gasteiger partial charge in [0.1, 0.15) is 5.75 Å². The minimum atomic E-state index is -0.0299. The first-order valence-electron chi connectivity index (χ1n) is 10.1. The zero-order valence-corrected chi connectivity index (χ0v) is 17.7. The van der Waals surface area contributed by atoms with Crippen LogP contribution in [0.3, 0.4) is 0 Å². The van der Waals surface area contributed by atoms with Gasteiger partial charge in [0.15, 0.2) is 11.1 Å². The van der Waals surface area contributed by atoms with Crippen molar-refractivity contribution in [1.82, 2.24) is 9.88 Å². The minimum Gasteiger partial charge on any atom is -0.497 e. The Balaban J connectivity index is 1.43. The van der Waals surface area contributed by atoms with Gasteiger partial charge in [0.2, 0.25) is 0 Å². The molecule has 0 spiro atoms. The van der Waals surface area contributed by atoms with Crippen LogP contribution >= 0.6 is 11.3 Å². The smallest absolute Gasteiger partial charge is 0.191 e. The highest BCUT2D eigenvalue weighted by Gasteiger charge is 2.34. The van der Waals surface area contributed by atoms with Gasteiger partial charge in [-0.2, -0.15) is 0 Å². The Morgan fingerprint density at radius 1 is 1.21 bits per heavy atom. The molecule has 2 aliphatic rings. The van der Waals surface area contributed by atoms with Crippen LogP contribution < -0.4 is 15.4 Å². The third-order valence-electron chi connectivity index (χ3n) is 5.99. The second-order valence-corrected chi connectivity index (χ2v) is 8.46. The number of guanidine groups is 1. The standard InChI is InChI=1S/C21H29N5O2S/c1-27-18-4-2-17(3-5-18)21(6-13-28-14-7-21)16-24-19(22)25-9-11-26(12-10-25)20-23-8-15-29-20/h2-5,8,15H,6-7,9-14,16H2,1H3,(H2,22,24). The molecule has 2 saturated heterocycles. The maximum Gasteiger partial charge on any atom is 0.191 e. The summed E-state index contributed by atoms with van der Waals surface area (Å²) in [7, 11) is 1.69. The number of ether oxygens (including phenoxy) is 2. The van der Waals surface area contributed by atoms with E-state index in [0.717, 1.165) is 63.1 Å². The molecule has 0 aliphatic carbocycles. The number of piperazine rings is 1. The fraction of sp³-hybridized carbons (Fsp3) is 0.524. The lowest BCUT2D eigenvalue weighted by Gasteiger charge is -2.38. The summed E-state index contributed by atoms with van der Waals surface area (Å²) in [5.41, 5.74) is 7.66. The van der Waals surface area contributed by atoms with Crippen LogP contribution in [0.2, 0.25) is 0 Å². The van der Waals surface area contributed by atoms with E-state index < -0.39 is 0 Å². The molecule has 0 bridgehead atoms. The fourth-order valence-corrected chi connectivity index (χ4v) is 4.77. The molecule has 4 rings (SSSR count). The van der Waals surface area contributed by atoms with Crippen LogP contribution in [-0.2, 0) is 10.2 Å². The van der Waals surface area contributed by atoms with Crippen molar-refractivity contribution >= 4 is 22.4 Å². The number of nitrogens with zero attached hydrogens (tertiary/aromatic N) is 4. The molecule has 8 heteroatoms. The molecule has 0 saturated carbocycles. The predicted octanol–water partition coefficient (Wildman–Crippen LogP) is 2.34. The lowest BCUT2D eigenvalue weighted by atomic mass is 9.74. The fourth-order valence-electron chi connectivity index (χ4n) is 4.08. The van der Waals surface area contributed by atoms with Crippen LogP contribution in [0.15, 0.2) is 40.8 Å². The number of nitrogens with two attached hydrogens (primary N) is 1. The second-order valence-electron chi connectivity index (χ2n) is 7.58. The van der Waals surface area contributed by atoms with E-state index in [2.05, 4.69) is 26.9 Å². The van der Waals surface area contributed by atoms with Crippen LogP contribution in [0.5, 0.6) is 5.75 Å². The largest absolute Gasteiger partial charge is 0.497 e. The molecule has 1 aromatic carbocycles. The van der Waals surface area contributed by atoms with E-state index in [1.54, 1.807) is 18.4 Å². The monoisotopic (exact) mass is 415 g/mol. The lowest BCUT2D eigenvalue weighted by molar-refractivity contribution is 0.0530. The van der Waals surface area contributed by atoms with E-state index >= 15 is 0 Å². The van der Waals surface area contributed by atoms with Crippen LogP contribution in [0, 0.1) is 0 Å². The molecule has 7 nitrogen and oxygen atoms in total. The Hall–Kier alpha value is -2.32. The van der Waals surface area contributed by atoms with Gasteiger partial charge in [0.05, 0.1) is 13.7 Å². The van der Waals surface area contributed by atoms with Crippen molar-refractivity contribution in [2.24, 2.45) is 10.7 Å². The van der Waals surface area contributed by atoms with Gasteiger partial charge < -0.3 is 25.0 Å². The van der Waals surface area contributed by atoms with Crippen LogP contribution in [0.25, 0.3) is 0 Å². The van der Waals surface area contributed by atoms with E-state index in [-0.39, 0.29) is 5.41 Å². The van der Waals surface area contributed by atoms with E-state index in [9.17, 15) is 0 Å². The topological polar surface area (TPSA) is 76.2 Å². The second kappa shape index (κ2) is 9.00. The average molecular weight is 416 g/mol. The van der Waals surface area contributed by atoms with Gasteiger partial charge in [-0.05, 0) is 30.5 Å². The SMILES string of the molecule is COc1ccc(C2(CN=C(N)N3CCN(c4nccs4)CC3)CCOCC2)cc1. The van der Waals surface area contributed by atoms with Crippen molar-refractivity contribution in [3.05, 3.63) is 41.4 Å². The number of hydrogen-bond donors (Lipinski definition) is 1. The molecule has 1 aromatic heterocycles. The molecule has 3 heterocycles. The number of rotatable bonds is 5. The average Bonchev–Trinajstić information content (AvgIpc) is 3.33. The van der Waals surface area contributed by atoms with E-state index in [1.807, 2.05) is 23.7 Å². The molecular weight excluding hydrogens is 386 g/mol. The third kappa shape index (κ3) is 4.48. The summed E-state index contributed by atoms with van der Waals surface area (Å²) in [6, 6.07) is 8.36. The maximum absolute atomic E-state index is 6.41. The van der Waals surface area contributed by atoms with Crippen molar-refractivity contribution in [2.45, 2.75) is 18.3 Å².